The summed E-state index contributed by atoms with van der Waals surface area (Å²) in [5.41, 5.74) is 0. The highest BCUT2D eigenvalue weighted by Gasteiger charge is 2.58. The molecule has 1 saturated heterocycles. The van der Waals surface area contributed by atoms with Crippen molar-refractivity contribution in [3.8, 4) is 12.3 Å². The third-order valence-corrected chi connectivity index (χ3v) is 7.20. The lowest BCUT2D eigenvalue weighted by molar-refractivity contribution is -0.140. The number of allylic oxidation sites excluding steroid dienone is 2. The van der Waals surface area contributed by atoms with Crippen LogP contribution in [0.4, 0.5) is 0 Å². The lowest BCUT2D eigenvalue weighted by Crippen LogP contribution is -2.34. The monoisotopic (exact) mass is 485 g/mol. The number of amides is 4. The van der Waals surface area contributed by atoms with Crippen LogP contribution in [0.1, 0.15) is 58.8 Å². The minimum Gasteiger partial charge on any atom is -0.377 e. The van der Waals surface area contributed by atoms with Crippen LogP contribution in [0.15, 0.2) is 12.2 Å². The van der Waals surface area contributed by atoms with Gasteiger partial charge in [0, 0.05) is 32.5 Å². The van der Waals surface area contributed by atoms with E-state index in [1.54, 1.807) is 4.90 Å². The van der Waals surface area contributed by atoms with Gasteiger partial charge in [-0.15, -0.1) is 6.42 Å². The zero-order valence-corrected chi connectivity index (χ0v) is 21.0. The molecular formula is C27H39N3O5. The predicted molar refractivity (Wildman–Crippen MR) is 132 cm³/mol. The van der Waals surface area contributed by atoms with E-state index in [4.69, 9.17) is 11.2 Å². The Morgan fingerprint density at radius 2 is 1.77 bits per heavy atom. The molecule has 1 aliphatic heterocycles. The van der Waals surface area contributed by atoms with Crippen molar-refractivity contribution < 1.29 is 23.9 Å². The molecule has 4 atom stereocenters. The fourth-order valence-corrected chi connectivity index (χ4v) is 5.46. The van der Waals surface area contributed by atoms with Gasteiger partial charge in [0.25, 0.3) is 0 Å². The van der Waals surface area contributed by atoms with E-state index in [0.717, 1.165) is 32.1 Å². The van der Waals surface area contributed by atoms with Gasteiger partial charge in [0.1, 0.15) is 0 Å². The van der Waals surface area contributed by atoms with Gasteiger partial charge in [-0.1, -0.05) is 30.9 Å². The molecule has 0 unspecified atom stereocenters. The number of hydrogen-bond donors (Lipinski definition) is 1. The highest BCUT2D eigenvalue weighted by molar-refractivity contribution is 6.06. The molecule has 4 amide bonds. The van der Waals surface area contributed by atoms with Crippen LogP contribution < -0.4 is 5.32 Å². The van der Waals surface area contributed by atoms with Crippen molar-refractivity contribution in [1.29, 1.82) is 0 Å². The van der Waals surface area contributed by atoms with Crippen LogP contribution in [0, 0.1) is 36.0 Å². The third-order valence-electron chi connectivity index (χ3n) is 7.20. The lowest BCUT2D eigenvalue weighted by Gasteiger charge is -2.20. The largest absolute Gasteiger partial charge is 0.377 e. The Labute approximate surface area is 208 Å². The van der Waals surface area contributed by atoms with Gasteiger partial charge in [-0.3, -0.25) is 24.1 Å². The average Bonchev–Trinajstić information content (AvgIpc) is 3.51. The molecule has 2 bridgehead atoms. The predicted octanol–water partition coefficient (Wildman–Crippen LogP) is 2.14. The van der Waals surface area contributed by atoms with E-state index >= 15 is 0 Å². The minimum absolute atomic E-state index is 0.0131. The fourth-order valence-electron chi connectivity index (χ4n) is 5.46. The Hall–Kier alpha value is -2.66. The van der Waals surface area contributed by atoms with Crippen molar-refractivity contribution in [3.63, 3.8) is 0 Å². The zero-order chi connectivity index (χ0) is 25.4. The van der Waals surface area contributed by atoms with Gasteiger partial charge in [-0.2, -0.15) is 0 Å². The third kappa shape index (κ3) is 6.94. The maximum Gasteiger partial charge on any atom is 0.233 e. The topological polar surface area (TPSA) is 96.0 Å². The Kier molecular flexibility index (Phi) is 9.91. The molecule has 0 aromatic rings. The first-order chi connectivity index (χ1) is 16.8. The minimum atomic E-state index is -0.176. The highest BCUT2D eigenvalue weighted by atomic mass is 16.5. The number of rotatable bonds is 15. The van der Waals surface area contributed by atoms with Crippen LogP contribution in [-0.4, -0.2) is 72.3 Å². The van der Waals surface area contributed by atoms with Crippen molar-refractivity contribution in [1.82, 2.24) is 15.1 Å². The van der Waals surface area contributed by atoms with E-state index < -0.39 is 0 Å². The number of ether oxygens (including phenoxy) is 1. The lowest BCUT2D eigenvalue weighted by atomic mass is 9.85. The molecule has 2 fully saturated rings. The maximum absolute atomic E-state index is 12.7. The molecule has 192 valence electrons. The number of likely N-dealkylation sites (tertiary alicyclic amines) is 1. The van der Waals surface area contributed by atoms with Gasteiger partial charge >= 0.3 is 0 Å². The Bertz CT molecular complexity index is 831. The van der Waals surface area contributed by atoms with E-state index in [2.05, 4.69) is 23.4 Å². The summed E-state index contributed by atoms with van der Waals surface area (Å²) >= 11 is 0. The number of fused-ring (bicyclic) bond motifs is 5. The summed E-state index contributed by atoms with van der Waals surface area (Å²) < 4.78 is 5.38. The van der Waals surface area contributed by atoms with Crippen LogP contribution in [0.5, 0.6) is 0 Å². The van der Waals surface area contributed by atoms with E-state index in [9.17, 15) is 19.2 Å². The Morgan fingerprint density at radius 3 is 2.40 bits per heavy atom. The van der Waals surface area contributed by atoms with Crippen LogP contribution in [-0.2, 0) is 23.9 Å². The second-order valence-corrected chi connectivity index (χ2v) is 10.0. The maximum atomic E-state index is 12.7. The average molecular weight is 486 g/mol. The van der Waals surface area contributed by atoms with Gasteiger partial charge in [0.15, 0.2) is 0 Å². The van der Waals surface area contributed by atoms with Crippen molar-refractivity contribution in [3.05, 3.63) is 12.2 Å². The molecule has 0 aromatic heterocycles. The first-order valence-corrected chi connectivity index (χ1v) is 13.0. The van der Waals surface area contributed by atoms with Crippen molar-refractivity contribution in [2.24, 2.45) is 23.7 Å². The first kappa shape index (κ1) is 26.9. The molecule has 8 nitrogen and oxygen atoms in total. The van der Waals surface area contributed by atoms with Gasteiger partial charge in [0.2, 0.25) is 23.6 Å². The van der Waals surface area contributed by atoms with Gasteiger partial charge < -0.3 is 15.0 Å². The molecule has 8 heteroatoms. The van der Waals surface area contributed by atoms with Crippen molar-refractivity contribution in [2.75, 3.05) is 32.8 Å². The van der Waals surface area contributed by atoms with Gasteiger partial charge in [-0.05, 0) is 44.9 Å². The number of carbonyl (C=O) groups is 4. The fraction of sp³-hybridized carbons (Fsp3) is 0.704. The number of hydrogen-bond acceptors (Lipinski definition) is 5. The summed E-state index contributed by atoms with van der Waals surface area (Å²) in [7, 11) is 0. The quantitative estimate of drug-likeness (QED) is 0.166. The molecule has 1 saturated carbocycles. The van der Waals surface area contributed by atoms with E-state index in [0.29, 0.717) is 26.2 Å². The molecule has 35 heavy (non-hydrogen) atoms. The van der Waals surface area contributed by atoms with Crippen LogP contribution >= 0.6 is 0 Å². The summed E-state index contributed by atoms with van der Waals surface area (Å²) in [6.45, 7) is 5.97. The number of unbranched alkanes of at least 4 members (excludes halogenated alkanes) is 3. The summed E-state index contributed by atoms with van der Waals surface area (Å²) in [6, 6.07) is 0. The van der Waals surface area contributed by atoms with E-state index in [1.807, 2.05) is 13.8 Å². The number of terminal acetylenes is 1. The van der Waals surface area contributed by atoms with E-state index in [-0.39, 0.29) is 72.8 Å². The van der Waals surface area contributed by atoms with Gasteiger partial charge in [-0.25, -0.2) is 0 Å². The Balaban J connectivity index is 1.28. The molecule has 1 N–H and O–H groups in total. The summed E-state index contributed by atoms with van der Waals surface area (Å²) in [6.07, 6.45) is 14.3. The van der Waals surface area contributed by atoms with E-state index in [1.165, 1.54) is 4.90 Å². The number of carbonyl (C=O) groups excluding carboxylic acids is 4. The van der Waals surface area contributed by atoms with Crippen LogP contribution in [0.3, 0.4) is 0 Å². The molecule has 0 spiro atoms. The molecule has 0 radical (unpaired) electrons. The summed E-state index contributed by atoms with van der Waals surface area (Å²) in [4.78, 5) is 53.0. The van der Waals surface area contributed by atoms with Crippen molar-refractivity contribution in [2.45, 2.75) is 64.9 Å². The summed E-state index contributed by atoms with van der Waals surface area (Å²) in [5.74, 6) is 2.48. The second kappa shape index (κ2) is 12.9. The number of nitrogens with zero attached hydrogens (tertiary/aromatic N) is 2. The zero-order valence-electron chi connectivity index (χ0n) is 21.0. The van der Waals surface area contributed by atoms with Crippen LogP contribution in [0.25, 0.3) is 0 Å². The number of imide groups is 1. The molecular weight excluding hydrogens is 446 g/mol. The molecule has 0 aromatic carbocycles. The standard InChI is InChI=1S/C27H39N3O5/c1-4-14-29(23(32)12-11-22(31)28-13-17-35-19(2)3)15-7-5-6-8-16-30-26(33)24-20-9-10-21(18-20)25(24)27(30)34/h1,9-10,19-21,24-25H,5-8,11-18H2,2-3H3,(H,28,31)/t20-,21+,24+,25-. The smallest absolute Gasteiger partial charge is 0.233 e. The highest BCUT2D eigenvalue weighted by Crippen LogP contribution is 2.52. The van der Waals surface area contributed by atoms with Crippen molar-refractivity contribution >= 4 is 23.6 Å². The molecule has 2 aliphatic carbocycles. The summed E-state index contributed by atoms with van der Waals surface area (Å²) in [5, 5.41) is 2.75. The molecule has 1 heterocycles. The molecule has 3 rings (SSSR count). The first-order valence-electron chi connectivity index (χ1n) is 13.0. The Morgan fingerprint density at radius 1 is 1.11 bits per heavy atom. The normalized spacial score (nSPS) is 24.2. The number of nitrogens with one attached hydrogen (secondary N) is 1. The van der Waals surface area contributed by atoms with Crippen LogP contribution in [0.2, 0.25) is 0 Å². The molecule has 3 aliphatic rings. The van der Waals surface area contributed by atoms with Gasteiger partial charge in [0.05, 0.1) is 31.1 Å². The second-order valence-electron chi connectivity index (χ2n) is 10.0. The SMILES string of the molecule is C#CCN(CCCCCCN1C(=O)[C@@H]2[C@H](C1=O)[C@H]1C=C[C@@H]2C1)C(=O)CCC(=O)NCCOC(C)C.